The van der Waals surface area contributed by atoms with Gasteiger partial charge < -0.3 is 4.57 Å². The van der Waals surface area contributed by atoms with Crippen LogP contribution in [0.25, 0.3) is 11.3 Å². The van der Waals surface area contributed by atoms with E-state index in [1.807, 2.05) is 19.1 Å². The number of nitrogens with zero attached hydrogens (tertiary/aromatic N) is 3. The van der Waals surface area contributed by atoms with Crippen LogP contribution in [0, 0.1) is 17.0 Å². The molecule has 3 rings (SSSR count). The van der Waals surface area contributed by atoms with E-state index < -0.39 is 0 Å². The zero-order valence-electron chi connectivity index (χ0n) is 15.2. The summed E-state index contributed by atoms with van der Waals surface area (Å²) >= 11 is 0. The van der Waals surface area contributed by atoms with Gasteiger partial charge in [-0.3, -0.25) is 10.1 Å². The molecule has 0 N–H and O–H groups in total. The molecule has 1 fully saturated rings. The topological polar surface area (TPSA) is 61.0 Å². The number of nitro benzene ring substituents is 1. The average molecular weight is 341 g/mol. The van der Waals surface area contributed by atoms with Crippen molar-refractivity contribution in [2.45, 2.75) is 71.3 Å². The van der Waals surface area contributed by atoms with Crippen molar-refractivity contribution in [1.29, 1.82) is 0 Å². The molecule has 0 spiro atoms. The predicted octanol–water partition coefficient (Wildman–Crippen LogP) is 5.61. The molecule has 2 aromatic rings. The van der Waals surface area contributed by atoms with Gasteiger partial charge in [0.25, 0.3) is 5.69 Å². The molecule has 0 bridgehead atoms. The van der Waals surface area contributed by atoms with Crippen LogP contribution < -0.4 is 0 Å². The summed E-state index contributed by atoms with van der Waals surface area (Å²) in [4.78, 5) is 16.0. The van der Waals surface area contributed by atoms with Gasteiger partial charge in [-0.15, -0.1) is 0 Å². The van der Waals surface area contributed by atoms with Crippen molar-refractivity contribution in [2.75, 3.05) is 0 Å². The molecule has 1 heterocycles. The number of hydrogen-bond donors (Lipinski definition) is 0. The van der Waals surface area contributed by atoms with Crippen molar-refractivity contribution < 1.29 is 4.92 Å². The maximum absolute atomic E-state index is 11.5. The zero-order valence-corrected chi connectivity index (χ0v) is 15.2. The Bertz CT molecular complexity index is 745. The molecule has 5 nitrogen and oxygen atoms in total. The van der Waals surface area contributed by atoms with E-state index in [-0.39, 0.29) is 10.6 Å². The lowest BCUT2D eigenvalue weighted by Gasteiger charge is -2.26. The van der Waals surface area contributed by atoms with E-state index in [4.69, 9.17) is 4.98 Å². The third kappa shape index (κ3) is 3.60. The lowest BCUT2D eigenvalue weighted by atomic mass is 9.94. The molecule has 5 heteroatoms. The van der Waals surface area contributed by atoms with Crippen molar-refractivity contribution in [2.24, 2.45) is 0 Å². The maximum Gasteiger partial charge on any atom is 0.278 e. The molecule has 0 aliphatic heterocycles. The summed E-state index contributed by atoms with van der Waals surface area (Å²) in [7, 11) is 0. The molecule has 0 atom stereocenters. The summed E-state index contributed by atoms with van der Waals surface area (Å²) in [6.45, 7) is 4.22. The van der Waals surface area contributed by atoms with Crippen LogP contribution >= 0.6 is 0 Å². The van der Waals surface area contributed by atoms with Gasteiger partial charge in [-0.25, -0.2) is 4.98 Å². The monoisotopic (exact) mass is 341 g/mol. The Hall–Kier alpha value is -2.17. The van der Waals surface area contributed by atoms with Gasteiger partial charge in [-0.2, -0.15) is 0 Å². The second-order valence-corrected chi connectivity index (χ2v) is 6.99. The highest BCUT2D eigenvalue weighted by Gasteiger charge is 2.26. The second kappa shape index (κ2) is 7.81. The SMILES string of the molecule is CCCCc1c(-c2ccccc2[N+](=O)[O-])nc(C)n1C1CCCCC1. The van der Waals surface area contributed by atoms with Crippen LogP contribution in [0.5, 0.6) is 0 Å². The molecule has 0 unspecified atom stereocenters. The first kappa shape index (κ1) is 17.6. The minimum atomic E-state index is -0.298. The van der Waals surface area contributed by atoms with E-state index in [1.165, 1.54) is 37.8 Å². The molecule has 0 amide bonds. The van der Waals surface area contributed by atoms with Gasteiger partial charge in [0, 0.05) is 17.8 Å². The van der Waals surface area contributed by atoms with Gasteiger partial charge in [-0.05, 0) is 38.7 Å². The summed E-state index contributed by atoms with van der Waals surface area (Å²) < 4.78 is 2.39. The highest BCUT2D eigenvalue weighted by molar-refractivity contribution is 5.72. The van der Waals surface area contributed by atoms with E-state index in [0.29, 0.717) is 11.6 Å². The molecule has 25 heavy (non-hydrogen) atoms. The number of imidazole rings is 1. The highest BCUT2D eigenvalue weighted by atomic mass is 16.6. The van der Waals surface area contributed by atoms with Crippen molar-refractivity contribution in [3.8, 4) is 11.3 Å². The van der Waals surface area contributed by atoms with Gasteiger partial charge >= 0.3 is 0 Å². The Labute approximate surface area is 149 Å². The van der Waals surface area contributed by atoms with E-state index in [0.717, 1.165) is 30.8 Å². The van der Waals surface area contributed by atoms with E-state index in [9.17, 15) is 10.1 Å². The first-order valence-electron chi connectivity index (χ1n) is 9.45. The smallest absolute Gasteiger partial charge is 0.278 e. The number of nitro groups is 1. The maximum atomic E-state index is 11.5. The molecular formula is C20H27N3O2. The number of benzene rings is 1. The lowest BCUT2D eigenvalue weighted by molar-refractivity contribution is -0.384. The lowest BCUT2D eigenvalue weighted by Crippen LogP contribution is -2.17. The van der Waals surface area contributed by atoms with Crippen LogP contribution in [0.1, 0.15) is 69.4 Å². The van der Waals surface area contributed by atoms with Crippen LogP contribution in [0.2, 0.25) is 0 Å². The van der Waals surface area contributed by atoms with Crippen LogP contribution in [-0.2, 0) is 6.42 Å². The molecule has 0 saturated heterocycles. The van der Waals surface area contributed by atoms with Crippen LogP contribution in [0.4, 0.5) is 5.69 Å². The molecule has 1 aromatic heterocycles. The largest absolute Gasteiger partial charge is 0.329 e. The second-order valence-electron chi connectivity index (χ2n) is 6.99. The minimum absolute atomic E-state index is 0.147. The van der Waals surface area contributed by atoms with Crippen LogP contribution in [0.3, 0.4) is 0 Å². The highest BCUT2D eigenvalue weighted by Crippen LogP contribution is 2.37. The van der Waals surface area contributed by atoms with E-state index in [1.54, 1.807) is 12.1 Å². The standard InChI is InChI=1S/C20H27N3O2/c1-3-4-13-19-20(17-12-8-9-14-18(17)23(24)25)21-15(2)22(19)16-10-6-5-7-11-16/h8-9,12,14,16H,3-7,10-11,13H2,1-2H3. The van der Waals surface area contributed by atoms with Gasteiger partial charge in [0.2, 0.25) is 0 Å². The third-order valence-corrected chi connectivity index (χ3v) is 5.25. The molecule has 1 aliphatic rings. The van der Waals surface area contributed by atoms with Crippen molar-refractivity contribution in [1.82, 2.24) is 9.55 Å². The molecule has 1 saturated carbocycles. The van der Waals surface area contributed by atoms with Crippen LogP contribution in [-0.4, -0.2) is 14.5 Å². The summed E-state index contributed by atoms with van der Waals surface area (Å²) in [5.74, 6) is 0.992. The summed E-state index contributed by atoms with van der Waals surface area (Å²) in [5.41, 5.74) is 2.79. The molecule has 134 valence electrons. The fourth-order valence-electron chi connectivity index (χ4n) is 4.05. The number of unbranched alkanes of at least 4 members (excludes halogenated alkanes) is 1. The van der Waals surface area contributed by atoms with Gasteiger partial charge in [0.05, 0.1) is 16.2 Å². The Morgan fingerprint density at radius 1 is 1.24 bits per heavy atom. The third-order valence-electron chi connectivity index (χ3n) is 5.25. The van der Waals surface area contributed by atoms with Gasteiger partial charge in [0.1, 0.15) is 5.82 Å². The Morgan fingerprint density at radius 2 is 1.96 bits per heavy atom. The fourth-order valence-corrected chi connectivity index (χ4v) is 4.05. The zero-order chi connectivity index (χ0) is 17.8. The normalized spacial score (nSPS) is 15.4. The van der Waals surface area contributed by atoms with E-state index in [2.05, 4.69) is 11.5 Å². The fraction of sp³-hybridized carbons (Fsp3) is 0.550. The Kier molecular flexibility index (Phi) is 5.51. The summed E-state index contributed by atoms with van der Waals surface area (Å²) in [6.07, 6.45) is 9.31. The van der Waals surface area contributed by atoms with Gasteiger partial charge in [0.15, 0.2) is 0 Å². The molecule has 1 aliphatic carbocycles. The van der Waals surface area contributed by atoms with Crippen molar-refractivity contribution >= 4 is 5.69 Å². The van der Waals surface area contributed by atoms with E-state index >= 15 is 0 Å². The van der Waals surface area contributed by atoms with Crippen LogP contribution in [0.15, 0.2) is 24.3 Å². The minimum Gasteiger partial charge on any atom is -0.329 e. The quantitative estimate of drug-likeness (QED) is 0.506. The summed E-state index contributed by atoms with van der Waals surface area (Å²) in [6, 6.07) is 7.48. The summed E-state index contributed by atoms with van der Waals surface area (Å²) in [5, 5.41) is 11.5. The number of hydrogen-bond acceptors (Lipinski definition) is 3. The molecule has 1 aromatic carbocycles. The van der Waals surface area contributed by atoms with Crippen molar-refractivity contribution in [3.63, 3.8) is 0 Å². The van der Waals surface area contributed by atoms with Crippen molar-refractivity contribution in [3.05, 3.63) is 45.9 Å². The number of para-hydroxylation sites is 1. The first-order valence-corrected chi connectivity index (χ1v) is 9.45. The Morgan fingerprint density at radius 3 is 2.64 bits per heavy atom. The van der Waals surface area contributed by atoms with Gasteiger partial charge in [-0.1, -0.05) is 44.7 Å². The predicted molar refractivity (Wildman–Crippen MR) is 99.8 cm³/mol. The number of aromatic nitrogens is 2. The average Bonchev–Trinajstić information content (AvgIpc) is 2.96. The molecular weight excluding hydrogens is 314 g/mol. The number of rotatable bonds is 6. The Balaban J connectivity index is 2.12. The molecule has 0 radical (unpaired) electrons. The first-order chi connectivity index (χ1) is 12.1. The number of aryl methyl sites for hydroxylation is 1.